The highest BCUT2D eigenvalue weighted by Gasteiger charge is 2.06. The van der Waals surface area contributed by atoms with Crippen molar-refractivity contribution in [3.05, 3.63) is 29.6 Å². The molecule has 1 heterocycles. The molecule has 72 valence electrons. The van der Waals surface area contributed by atoms with Crippen LogP contribution in [0.15, 0.2) is 34.5 Å². The third kappa shape index (κ3) is 1.76. The van der Waals surface area contributed by atoms with Gasteiger partial charge in [-0.2, -0.15) is 0 Å². The minimum atomic E-state index is -0.0244. The maximum atomic E-state index is 11.2. The maximum absolute atomic E-state index is 11.2. The molecular weight excluding hydrogens is 214 g/mol. The number of thioether (sulfide) groups is 1. The summed E-state index contributed by atoms with van der Waals surface area (Å²) in [4.78, 5) is 12.2. The molecule has 2 nitrogen and oxygen atoms in total. The van der Waals surface area contributed by atoms with Crippen LogP contribution in [0.2, 0.25) is 0 Å². The zero-order chi connectivity index (χ0) is 9.97. The minimum absolute atomic E-state index is 0.0244. The fourth-order valence-electron chi connectivity index (χ4n) is 1.21. The second-order valence-electron chi connectivity index (χ2n) is 2.73. The van der Waals surface area contributed by atoms with E-state index in [4.69, 9.17) is 0 Å². The van der Waals surface area contributed by atoms with Gasteiger partial charge in [-0.1, -0.05) is 6.07 Å². The van der Waals surface area contributed by atoms with Crippen LogP contribution >= 0.6 is 23.1 Å². The second-order valence-corrected chi connectivity index (χ2v) is 4.69. The number of carbonyl (C=O) groups is 1. The van der Waals surface area contributed by atoms with Gasteiger partial charge in [-0.25, -0.2) is 0 Å². The van der Waals surface area contributed by atoms with E-state index in [0.29, 0.717) is 0 Å². The molecule has 1 N–H and O–H groups in total. The average molecular weight is 223 g/mol. The fraction of sp³-hybridized carbons (Fsp3) is 0.100. The van der Waals surface area contributed by atoms with E-state index in [0.717, 1.165) is 10.3 Å². The monoisotopic (exact) mass is 223 g/mol. The molecule has 1 aromatic carbocycles. The summed E-state index contributed by atoms with van der Waals surface area (Å²) < 4.78 is 1.22. The molecule has 0 radical (unpaired) electrons. The number of thiophene rings is 1. The lowest BCUT2D eigenvalue weighted by Gasteiger charge is -2.00. The third-order valence-electron chi connectivity index (χ3n) is 1.86. The Morgan fingerprint density at radius 1 is 1.43 bits per heavy atom. The number of fused-ring (bicyclic) bond motifs is 1. The standard InChI is InChI=1S/C10H9NOS2/c1-11-10(12)14-9-4-2-3-8-7(9)5-6-13-8/h2-6H,1H3,(H,11,12). The molecule has 2 aromatic rings. The van der Waals surface area contributed by atoms with Crippen LogP contribution in [0, 0.1) is 0 Å². The molecule has 0 aliphatic carbocycles. The summed E-state index contributed by atoms with van der Waals surface area (Å²) in [6, 6.07) is 8.05. The van der Waals surface area contributed by atoms with Crippen molar-refractivity contribution in [1.82, 2.24) is 5.32 Å². The molecule has 4 heteroatoms. The van der Waals surface area contributed by atoms with Crippen LogP contribution < -0.4 is 5.32 Å². The predicted molar refractivity (Wildman–Crippen MR) is 62.1 cm³/mol. The second kappa shape index (κ2) is 4.02. The van der Waals surface area contributed by atoms with Crippen LogP contribution in [0.25, 0.3) is 10.1 Å². The van der Waals surface area contributed by atoms with Crippen LogP contribution in [0.1, 0.15) is 0 Å². The van der Waals surface area contributed by atoms with E-state index in [-0.39, 0.29) is 5.24 Å². The normalized spacial score (nSPS) is 10.4. The lowest BCUT2D eigenvalue weighted by molar-refractivity contribution is 0.262. The molecular formula is C10H9NOS2. The molecule has 1 amide bonds. The SMILES string of the molecule is CNC(=O)Sc1cccc2sccc12. The number of hydrogen-bond donors (Lipinski definition) is 1. The number of rotatable bonds is 1. The van der Waals surface area contributed by atoms with Gasteiger partial charge in [0.05, 0.1) is 0 Å². The maximum Gasteiger partial charge on any atom is 0.283 e. The summed E-state index contributed by atoms with van der Waals surface area (Å²) in [5, 5.41) is 5.77. The first-order valence-corrected chi connectivity index (χ1v) is 5.86. The smallest absolute Gasteiger partial charge is 0.283 e. The molecule has 0 saturated heterocycles. The van der Waals surface area contributed by atoms with Gasteiger partial charge in [0.2, 0.25) is 0 Å². The van der Waals surface area contributed by atoms with E-state index in [1.807, 2.05) is 23.6 Å². The Hall–Kier alpha value is -1.00. The van der Waals surface area contributed by atoms with Crippen molar-refractivity contribution in [2.75, 3.05) is 7.05 Å². The van der Waals surface area contributed by atoms with E-state index >= 15 is 0 Å². The van der Waals surface area contributed by atoms with Gasteiger partial charge in [0, 0.05) is 22.0 Å². The summed E-state index contributed by atoms with van der Waals surface area (Å²) in [6.07, 6.45) is 0. The molecule has 0 aliphatic rings. The number of hydrogen-bond acceptors (Lipinski definition) is 3. The largest absolute Gasteiger partial charge is 0.350 e. The summed E-state index contributed by atoms with van der Waals surface area (Å²) in [5.74, 6) is 0. The highest BCUT2D eigenvalue weighted by atomic mass is 32.2. The van der Waals surface area contributed by atoms with Gasteiger partial charge in [-0.3, -0.25) is 4.79 Å². The number of carbonyl (C=O) groups excluding carboxylic acids is 1. The summed E-state index contributed by atoms with van der Waals surface area (Å²) in [5.41, 5.74) is 0. The molecule has 0 saturated carbocycles. The van der Waals surface area contributed by atoms with E-state index in [1.54, 1.807) is 18.4 Å². The van der Waals surface area contributed by atoms with Gasteiger partial charge in [0.25, 0.3) is 5.24 Å². The lowest BCUT2D eigenvalue weighted by Crippen LogP contribution is -2.10. The fourth-order valence-corrected chi connectivity index (χ4v) is 2.82. The van der Waals surface area contributed by atoms with Gasteiger partial charge < -0.3 is 5.32 Å². The third-order valence-corrected chi connectivity index (χ3v) is 3.71. The van der Waals surface area contributed by atoms with Crippen LogP contribution in [0.5, 0.6) is 0 Å². The molecule has 1 aromatic heterocycles. The molecule has 0 spiro atoms. The highest BCUT2D eigenvalue weighted by Crippen LogP contribution is 2.31. The van der Waals surface area contributed by atoms with Gasteiger partial charge in [0.1, 0.15) is 0 Å². The Labute approximate surface area is 90.3 Å². The number of amides is 1. The van der Waals surface area contributed by atoms with Gasteiger partial charge in [-0.05, 0) is 35.3 Å². The highest BCUT2D eigenvalue weighted by molar-refractivity contribution is 8.13. The number of benzene rings is 1. The summed E-state index contributed by atoms with van der Waals surface area (Å²) in [6.45, 7) is 0. The van der Waals surface area contributed by atoms with E-state index in [9.17, 15) is 4.79 Å². The van der Waals surface area contributed by atoms with Gasteiger partial charge >= 0.3 is 0 Å². The molecule has 0 aliphatic heterocycles. The van der Waals surface area contributed by atoms with Gasteiger partial charge in [0.15, 0.2) is 0 Å². The van der Waals surface area contributed by atoms with Crippen LogP contribution in [-0.4, -0.2) is 12.3 Å². The Bertz CT molecular complexity index is 464. The van der Waals surface area contributed by atoms with Crippen molar-refractivity contribution >= 4 is 38.4 Å². The van der Waals surface area contributed by atoms with Gasteiger partial charge in [-0.15, -0.1) is 11.3 Å². The predicted octanol–water partition coefficient (Wildman–Crippen LogP) is 3.33. The van der Waals surface area contributed by atoms with Crippen molar-refractivity contribution < 1.29 is 4.79 Å². The first-order chi connectivity index (χ1) is 6.81. The Kier molecular flexibility index (Phi) is 2.74. The molecule has 0 atom stereocenters. The van der Waals surface area contributed by atoms with Crippen molar-refractivity contribution in [3.8, 4) is 0 Å². The topological polar surface area (TPSA) is 29.1 Å². The first kappa shape index (κ1) is 9.55. The molecule has 0 bridgehead atoms. The zero-order valence-electron chi connectivity index (χ0n) is 7.61. The van der Waals surface area contributed by atoms with E-state index in [1.165, 1.54) is 16.5 Å². The van der Waals surface area contributed by atoms with Crippen molar-refractivity contribution in [1.29, 1.82) is 0 Å². The summed E-state index contributed by atoms with van der Waals surface area (Å²) in [7, 11) is 1.64. The first-order valence-electron chi connectivity index (χ1n) is 4.17. The lowest BCUT2D eigenvalue weighted by atomic mass is 10.3. The Morgan fingerprint density at radius 2 is 2.29 bits per heavy atom. The van der Waals surface area contributed by atoms with Crippen molar-refractivity contribution in [2.45, 2.75) is 4.90 Å². The Morgan fingerprint density at radius 3 is 3.07 bits per heavy atom. The van der Waals surface area contributed by atoms with Crippen molar-refractivity contribution in [2.24, 2.45) is 0 Å². The van der Waals surface area contributed by atoms with E-state index < -0.39 is 0 Å². The van der Waals surface area contributed by atoms with E-state index in [2.05, 4.69) is 11.4 Å². The minimum Gasteiger partial charge on any atom is -0.350 e. The molecule has 2 rings (SSSR count). The van der Waals surface area contributed by atoms with Crippen molar-refractivity contribution in [3.63, 3.8) is 0 Å². The van der Waals surface area contributed by atoms with Crippen LogP contribution in [0.3, 0.4) is 0 Å². The zero-order valence-corrected chi connectivity index (χ0v) is 9.24. The summed E-state index contributed by atoms with van der Waals surface area (Å²) >= 11 is 2.93. The molecule has 0 fully saturated rings. The average Bonchev–Trinajstić information content (AvgIpc) is 2.66. The quantitative estimate of drug-likeness (QED) is 0.751. The Balaban J connectivity index is 2.41. The van der Waals surface area contributed by atoms with Crippen LogP contribution in [0.4, 0.5) is 4.79 Å². The van der Waals surface area contributed by atoms with Crippen LogP contribution in [-0.2, 0) is 0 Å². The number of nitrogens with one attached hydrogen (secondary N) is 1. The molecule has 0 unspecified atom stereocenters. The molecule has 14 heavy (non-hydrogen) atoms.